The lowest BCUT2D eigenvalue weighted by Crippen LogP contribution is -2.33. The summed E-state index contributed by atoms with van der Waals surface area (Å²) in [7, 11) is 0. The SMILES string of the molecule is CC(C)NC(=O)Cn1c(-c2cccc(Cl)c2)cc2cc(OCCCN3CCCCC3)cnc21. The Morgan fingerprint density at radius 1 is 1.18 bits per heavy atom. The number of hydrogen-bond donors (Lipinski definition) is 1. The van der Waals surface area contributed by atoms with Crippen molar-refractivity contribution < 1.29 is 9.53 Å². The average molecular weight is 469 g/mol. The van der Waals surface area contributed by atoms with Gasteiger partial charge in [0.1, 0.15) is 17.9 Å². The molecule has 0 radical (unpaired) electrons. The fourth-order valence-electron chi connectivity index (χ4n) is 4.42. The standard InChI is InChI=1S/C26H33ClN4O2/c1-19(2)29-25(32)18-31-24(20-8-6-9-22(27)14-20)16-21-15-23(17-28-26(21)31)33-13-7-12-30-10-4-3-5-11-30/h6,8-9,14-17,19H,3-5,7,10-13,18H2,1-2H3,(H,29,32). The van der Waals surface area contributed by atoms with Crippen molar-refractivity contribution in [3.05, 3.63) is 47.6 Å². The van der Waals surface area contributed by atoms with Crippen LogP contribution in [0, 0.1) is 0 Å². The van der Waals surface area contributed by atoms with Crippen LogP contribution >= 0.6 is 11.6 Å². The topological polar surface area (TPSA) is 59.4 Å². The molecule has 1 amide bonds. The summed E-state index contributed by atoms with van der Waals surface area (Å²) >= 11 is 6.25. The van der Waals surface area contributed by atoms with Crippen LogP contribution < -0.4 is 10.1 Å². The molecule has 0 atom stereocenters. The van der Waals surface area contributed by atoms with Gasteiger partial charge in [-0.3, -0.25) is 4.79 Å². The smallest absolute Gasteiger partial charge is 0.240 e. The number of nitrogens with one attached hydrogen (secondary N) is 1. The van der Waals surface area contributed by atoms with Crippen molar-refractivity contribution in [3.8, 4) is 17.0 Å². The zero-order valence-corrected chi connectivity index (χ0v) is 20.3. The second kappa shape index (κ2) is 11.0. The van der Waals surface area contributed by atoms with E-state index in [0.29, 0.717) is 11.6 Å². The molecule has 0 bridgehead atoms. The highest BCUT2D eigenvalue weighted by Gasteiger charge is 2.16. The minimum Gasteiger partial charge on any atom is -0.492 e. The Morgan fingerprint density at radius 2 is 2.00 bits per heavy atom. The van der Waals surface area contributed by atoms with E-state index in [4.69, 9.17) is 16.3 Å². The average Bonchev–Trinajstić information content (AvgIpc) is 3.14. The number of amides is 1. The number of aromatic nitrogens is 2. The highest BCUT2D eigenvalue weighted by atomic mass is 35.5. The largest absolute Gasteiger partial charge is 0.492 e. The van der Waals surface area contributed by atoms with Gasteiger partial charge in [-0.1, -0.05) is 30.2 Å². The van der Waals surface area contributed by atoms with E-state index in [2.05, 4.69) is 21.3 Å². The van der Waals surface area contributed by atoms with Gasteiger partial charge in [-0.05, 0) is 76.0 Å². The van der Waals surface area contributed by atoms with E-state index in [1.165, 1.54) is 32.4 Å². The summed E-state index contributed by atoms with van der Waals surface area (Å²) in [5.41, 5.74) is 2.60. The summed E-state index contributed by atoms with van der Waals surface area (Å²) in [5.74, 6) is 0.702. The van der Waals surface area contributed by atoms with Gasteiger partial charge >= 0.3 is 0 Å². The molecule has 1 aliphatic rings. The van der Waals surface area contributed by atoms with Gasteiger partial charge in [0.25, 0.3) is 0 Å². The van der Waals surface area contributed by atoms with Crippen LogP contribution in [-0.4, -0.2) is 52.6 Å². The first-order chi connectivity index (χ1) is 16.0. The minimum atomic E-state index is -0.0504. The quantitative estimate of drug-likeness (QED) is 0.442. The van der Waals surface area contributed by atoms with Crippen LogP contribution in [0.2, 0.25) is 5.02 Å². The maximum atomic E-state index is 12.6. The van der Waals surface area contributed by atoms with E-state index < -0.39 is 0 Å². The number of ether oxygens (including phenoxy) is 1. The van der Waals surface area contributed by atoms with Crippen molar-refractivity contribution in [2.24, 2.45) is 0 Å². The van der Waals surface area contributed by atoms with E-state index in [0.717, 1.165) is 41.0 Å². The molecule has 7 heteroatoms. The molecule has 1 aliphatic heterocycles. The molecule has 0 saturated carbocycles. The fraction of sp³-hybridized carbons (Fsp3) is 0.462. The first-order valence-corrected chi connectivity index (χ1v) is 12.3. The van der Waals surface area contributed by atoms with Crippen molar-refractivity contribution >= 4 is 28.5 Å². The molecule has 0 spiro atoms. The molecule has 176 valence electrons. The highest BCUT2D eigenvalue weighted by Crippen LogP contribution is 2.30. The summed E-state index contributed by atoms with van der Waals surface area (Å²) < 4.78 is 7.96. The Morgan fingerprint density at radius 3 is 2.76 bits per heavy atom. The molecule has 2 aromatic heterocycles. The molecule has 3 aromatic rings. The number of halogens is 1. The Hall–Kier alpha value is -2.57. The number of fused-ring (bicyclic) bond motifs is 1. The second-order valence-electron chi connectivity index (χ2n) is 9.04. The zero-order valence-electron chi connectivity index (χ0n) is 19.5. The molecular formula is C26H33ClN4O2. The lowest BCUT2D eigenvalue weighted by Gasteiger charge is -2.26. The van der Waals surface area contributed by atoms with Gasteiger partial charge in [-0.15, -0.1) is 0 Å². The normalized spacial score (nSPS) is 14.7. The summed E-state index contributed by atoms with van der Waals surface area (Å²) in [4.78, 5) is 19.8. The van der Waals surface area contributed by atoms with Gasteiger partial charge in [-0.2, -0.15) is 0 Å². The van der Waals surface area contributed by atoms with Crippen molar-refractivity contribution in [1.82, 2.24) is 19.8 Å². The monoisotopic (exact) mass is 468 g/mol. The summed E-state index contributed by atoms with van der Waals surface area (Å²) in [6.07, 6.45) is 6.73. The molecule has 6 nitrogen and oxygen atoms in total. The maximum absolute atomic E-state index is 12.6. The molecule has 1 fully saturated rings. The Kier molecular flexibility index (Phi) is 7.89. The van der Waals surface area contributed by atoms with Crippen LogP contribution in [0.15, 0.2) is 42.6 Å². The Balaban J connectivity index is 1.52. The lowest BCUT2D eigenvalue weighted by atomic mass is 10.1. The van der Waals surface area contributed by atoms with Crippen LogP contribution in [0.5, 0.6) is 5.75 Å². The van der Waals surface area contributed by atoms with Crippen LogP contribution in [0.1, 0.15) is 39.5 Å². The first kappa shape index (κ1) is 23.6. The molecule has 0 unspecified atom stereocenters. The molecule has 1 aromatic carbocycles. The second-order valence-corrected chi connectivity index (χ2v) is 9.47. The van der Waals surface area contributed by atoms with E-state index in [1.807, 2.05) is 48.7 Å². The predicted molar refractivity (Wildman–Crippen MR) is 134 cm³/mol. The summed E-state index contributed by atoms with van der Waals surface area (Å²) in [5, 5.41) is 4.56. The minimum absolute atomic E-state index is 0.0504. The Bertz CT molecular complexity index is 1090. The van der Waals surface area contributed by atoms with Gasteiger partial charge in [-0.25, -0.2) is 4.98 Å². The molecular weight excluding hydrogens is 436 g/mol. The lowest BCUT2D eigenvalue weighted by molar-refractivity contribution is -0.122. The number of benzene rings is 1. The predicted octanol–water partition coefficient (Wildman–Crippen LogP) is 5.14. The number of nitrogens with zero attached hydrogens (tertiary/aromatic N) is 3. The highest BCUT2D eigenvalue weighted by molar-refractivity contribution is 6.30. The van der Waals surface area contributed by atoms with Crippen LogP contribution in [-0.2, 0) is 11.3 Å². The molecule has 0 aliphatic carbocycles. The number of rotatable bonds is 9. The number of carbonyl (C=O) groups is 1. The van der Waals surface area contributed by atoms with Gasteiger partial charge < -0.3 is 19.5 Å². The van der Waals surface area contributed by atoms with Gasteiger partial charge in [0.15, 0.2) is 0 Å². The van der Waals surface area contributed by atoms with E-state index >= 15 is 0 Å². The Labute approximate surface area is 200 Å². The first-order valence-electron chi connectivity index (χ1n) is 11.9. The number of piperidine rings is 1. The van der Waals surface area contributed by atoms with Crippen molar-refractivity contribution in [1.29, 1.82) is 0 Å². The van der Waals surface area contributed by atoms with Crippen LogP contribution in [0.3, 0.4) is 0 Å². The van der Waals surface area contributed by atoms with Crippen LogP contribution in [0.4, 0.5) is 0 Å². The van der Waals surface area contributed by atoms with E-state index in [9.17, 15) is 4.79 Å². The van der Waals surface area contributed by atoms with Gasteiger partial charge in [0.05, 0.1) is 18.5 Å². The maximum Gasteiger partial charge on any atom is 0.240 e. The van der Waals surface area contributed by atoms with Gasteiger partial charge in [0.2, 0.25) is 5.91 Å². The van der Waals surface area contributed by atoms with Crippen molar-refractivity contribution in [2.45, 2.75) is 52.1 Å². The summed E-state index contributed by atoms with van der Waals surface area (Å²) in [6, 6.07) is 11.8. The molecule has 33 heavy (non-hydrogen) atoms. The number of hydrogen-bond acceptors (Lipinski definition) is 4. The molecule has 1 saturated heterocycles. The molecule has 1 N–H and O–H groups in total. The molecule has 4 rings (SSSR count). The summed E-state index contributed by atoms with van der Waals surface area (Å²) in [6.45, 7) is 8.26. The van der Waals surface area contributed by atoms with Gasteiger partial charge in [0, 0.05) is 23.0 Å². The molecule has 3 heterocycles. The van der Waals surface area contributed by atoms with Crippen molar-refractivity contribution in [3.63, 3.8) is 0 Å². The third-order valence-corrected chi connectivity index (χ3v) is 6.15. The fourth-order valence-corrected chi connectivity index (χ4v) is 4.61. The number of pyridine rings is 1. The number of likely N-dealkylation sites (tertiary alicyclic amines) is 1. The van der Waals surface area contributed by atoms with E-state index in [-0.39, 0.29) is 18.5 Å². The van der Waals surface area contributed by atoms with E-state index in [1.54, 1.807) is 6.20 Å². The van der Waals surface area contributed by atoms with Crippen LogP contribution in [0.25, 0.3) is 22.3 Å². The zero-order chi connectivity index (χ0) is 23.2. The third-order valence-electron chi connectivity index (χ3n) is 5.92. The van der Waals surface area contributed by atoms with Crippen molar-refractivity contribution in [2.75, 3.05) is 26.2 Å². The third kappa shape index (κ3) is 6.27. The number of carbonyl (C=O) groups excluding carboxylic acids is 1.